The minimum atomic E-state index is -1.32. The van der Waals surface area contributed by atoms with Crippen molar-refractivity contribution in [2.45, 2.75) is 58.9 Å². The molecule has 0 aromatic rings. The van der Waals surface area contributed by atoms with Gasteiger partial charge in [-0.2, -0.15) is 0 Å². The zero-order chi connectivity index (χ0) is 10.5. The second-order valence-electron chi connectivity index (χ2n) is 5.32. The van der Waals surface area contributed by atoms with Crippen LogP contribution in [0.1, 0.15) is 26.2 Å². The Labute approximate surface area is 85.8 Å². The molecule has 0 N–H and O–H groups in total. The first-order chi connectivity index (χ1) is 5.81. The van der Waals surface area contributed by atoms with E-state index in [4.69, 9.17) is 4.43 Å². The highest BCUT2D eigenvalue weighted by Gasteiger charge is 2.38. The lowest BCUT2D eigenvalue weighted by Gasteiger charge is -2.34. The largest absolute Gasteiger partial charge is 0.420 e. The molecule has 3 heteroatoms. The predicted octanol–water partition coefficient (Wildman–Crippen LogP) is 3.81. The molecule has 0 aromatic heterocycles. The summed E-state index contributed by atoms with van der Waals surface area (Å²) in [7, 11) is -2.34. The van der Waals surface area contributed by atoms with Gasteiger partial charge in [0.15, 0.2) is 7.83 Å². The number of rotatable bonds is 6. The molecule has 0 bridgehead atoms. The summed E-state index contributed by atoms with van der Waals surface area (Å²) in [6, 6.07) is 0. The van der Waals surface area contributed by atoms with Gasteiger partial charge in [-0.1, -0.05) is 39.4 Å². The number of hydrogen-bond donors (Lipinski definition) is 0. The smallest absolute Gasteiger partial charge is 0.173 e. The third kappa shape index (κ3) is 4.98. The van der Waals surface area contributed by atoms with Gasteiger partial charge in [0.05, 0.1) is 7.59 Å². The summed E-state index contributed by atoms with van der Waals surface area (Å²) in [5, 5.41) is 0. The van der Waals surface area contributed by atoms with E-state index in [1.165, 1.54) is 19.3 Å². The normalized spacial score (nSPS) is 13.4. The van der Waals surface area contributed by atoms with Crippen LogP contribution >= 0.6 is 0 Å². The van der Waals surface area contributed by atoms with Crippen LogP contribution in [0.15, 0.2) is 0 Å². The first-order valence-corrected chi connectivity index (χ1v) is 12.9. The van der Waals surface area contributed by atoms with E-state index in [1.807, 2.05) is 0 Å². The highest BCUT2D eigenvalue weighted by molar-refractivity contribution is 7.37. The standard InChI is InChI=1S/C10H26OSi2/c1-7-8-9-10-11-13(5,6)12(2,3)4/h7-10H2,1-6H3. The van der Waals surface area contributed by atoms with Crippen LogP contribution in [-0.4, -0.2) is 22.0 Å². The van der Waals surface area contributed by atoms with Gasteiger partial charge in [0.2, 0.25) is 0 Å². The summed E-state index contributed by atoms with van der Waals surface area (Å²) < 4.78 is 6.10. The average Bonchev–Trinajstić information content (AvgIpc) is 1.96. The van der Waals surface area contributed by atoms with Crippen molar-refractivity contribution in [3.05, 3.63) is 0 Å². The molecule has 0 saturated carbocycles. The lowest BCUT2D eigenvalue weighted by Crippen LogP contribution is -2.54. The molecule has 1 nitrogen and oxygen atoms in total. The van der Waals surface area contributed by atoms with Crippen LogP contribution in [0.5, 0.6) is 0 Å². The van der Waals surface area contributed by atoms with E-state index in [0.717, 1.165) is 6.61 Å². The Kier molecular flexibility index (Phi) is 5.48. The molecule has 0 spiro atoms. The van der Waals surface area contributed by atoms with E-state index >= 15 is 0 Å². The maximum Gasteiger partial charge on any atom is 0.173 e. The van der Waals surface area contributed by atoms with Crippen molar-refractivity contribution in [1.29, 1.82) is 0 Å². The minimum absolute atomic E-state index is 0.997. The summed E-state index contributed by atoms with van der Waals surface area (Å²) in [5.41, 5.74) is 0. The molecule has 0 rings (SSSR count). The van der Waals surface area contributed by atoms with E-state index in [-0.39, 0.29) is 0 Å². The van der Waals surface area contributed by atoms with Gasteiger partial charge in [-0.3, -0.25) is 0 Å². The van der Waals surface area contributed by atoms with Crippen molar-refractivity contribution in [2.24, 2.45) is 0 Å². The van der Waals surface area contributed by atoms with Crippen molar-refractivity contribution in [1.82, 2.24) is 0 Å². The monoisotopic (exact) mass is 218 g/mol. The van der Waals surface area contributed by atoms with Gasteiger partial charge in [-0.25, -0.2) is 0 Å². The average molecular weight is 218 g/mol. The first-order valence-electron chi connectivity index (χ1n) is 5.45. The summed E-state index contributed by atoms with van der Waals surface area (Å²) in [6.45, 7) is 15.3. The van der Waals surface area contributed by atoms with Crippen LogP contribution in [0.3, 0.4) is 0 Å². The van der Waals surface area contributed by atoms with Crippen LogP contribution in [-0.2, 0) is 4.43 Å². The zero-order valence-corrected chi connectivity index (χ0v) is 12.2. The lowest BCUT2D eigenvalue weighted by atomic mass is 10.3. The van der Waals surface area contributed by atoms with E-state index in [2.05, 4.69) is 39.7 Å². The predicted molar refractivity (Wildman–Crippen MR) is 66.3 cm³/mol. The van der Waals surface area contributed by atoms with Gasteiger partial charge in [-0.15, -0.1) is 0 Å². The van der Waals surface area contributed by atoms with Crippen LogP contribution < -0.4 is 0 Å². The Hall–Kier alpha value is 0.394. The van der Waals surface area contributed by atoms with Crippen LogP contribution in [0, 0.1) is 0 Å². The topological polar surface area (TPSA) is 9.23 Å². The van der Waals surface area contributed by atoms with Gasteiger partial charge in [0.1, 0.15) is 0 Å². The molecule has 0 unspecified atom stereocenters. The molecule has 0 heterocycles. The molecule has 80 valence electrons. The number of hydrogen-bond acceptors (Lipinski definition) is 1. The van der Waals surface area contributed by atoms with Crippen molar-refractivity contribution in [3.8, 4) is 0 Å². The van der Waals surface area contributed by atoms with Crippen LogP contribution in [0.4, 0.5) is 0 Å². The summed E-state index contributed by atoms with van der Waals surface area (Å²) >= 11 is 0. The third-order valence-corrected chi connectivity index (χ3v) is 18.8. The zero-order valence-electron chi connectivity index (χ0n) is 10.2. The molecular weight excluding hydrogens is 192 g/mol. The molecule has 0 aliphatic rings. The molecule has 0 aromatic carbocycles. The second-order valence-corrected chi connectivity index (χ2v) is 21.2. The molecule has 13 heavy (non-hydrogen) atoms. The lowest BCUT2D eigenvalue weighted by molar-refractivity contribution is 0.306. The fraction of sp³-hybridized carbons (Fsp3) is 1.00. The van der Waals surface area contributed by atoms with E-state index in [9.17, 15) is 0 Å². The second kappa shape index (κ2) is 5.32. The van der Waals surface area contributed by atoms with Crippen molar-refractivity contribution in [3.63, 3.8) is 0 Å². The van der Waals surface area contributed by atoms with E-state index in [1.54, 1.807) is 0 Å². The number of unbranched alkanes of at least 4 members (excludes halogenated alkanes) is 2. The summed E-state index contributed by atoms with van der Waals surface area (Å²) in [5.74, 6) is 0. The van der Waals surface area contributed by atoms with Gasteiger partial charge < -0.3 is 4.43 Å². The molecule has 0 atom stereocenters. The summed E-state index contributed by atoms with van der Waals surface area (Å²) in [4.78, 5) is 0. The Morgan fingerprint density at radius 1 is 0.923 bits per heavy atom. The molecular formula is C10H26OSi2. The van der Waals surface area contributed by atoms with Crippen LogP contribution in [0.25, 0.3) is 0 Å². The fourth-order valence-corrected chi connectivity index (χ4v) is 3.59. The summed E-state index contributed by atoms with van der Waals surface area (Å²) in [6.07, 6.45) is 3.85. The van der Waals surface area contributed by atoms with Crippen molar-refractivity contribution < 1.29 is 4.43 Å². The van der Waals surface area contributed by atoms with E-state index in [0.29, 0.717) is 0 Å². The van der Waals surface area contributed by atoms with Crippen molar-refractivity contribution >= 4 is 15.4 Å². The van der Waals surface area contributed by atoms with Crippen LogP contribution in [0.2, 0.25) is 32.7 Å². The SMILES string of the molecule is CCCCCO[Si](C)(C)[Si](C)(C)C. The fourth-order valence-electron chi connectivity index (χ4n) is 0.896. The Bertz CT molecular complexity index is 138. The Morgan fingerprint density at radius 2 is 1.46 bits per heavy atom. The molecule has 0 aliphatic carbocycles. The third-order valence-electron chi connectivity index (χ3n) is 3.02. The van der Waals surface area contributed by atoms with Gasteiger partial charge >= 0.3 is 0 Å². The van der Waals surface area contributed by atoms with Crippen molar-refractivity contribution in [2.75, 3.05) is 6.61 Å². The van der Waals surface area contributed by atoms with Gasteiger partial charge in [0.25, 0.3) is 0 Å². The molecule has 0 radical (unpaired) electrons. The Balaban J connectivity index is 3.77. The highest BCUT2D eigenvalue weighted by Crippen LogP contribution is 2.20. The maximum absolute atomic E-state index is 6.10. The molecule has 0 saturated heterocycles. The van der Waals surface area contributed by atoms with Gasteiger partial charge in [-0.05, 0) is 19.5 Å². The Morgan fingerprint density at radius 3 is 1.85 bits per heavy atom. The highest BCUT2D eigenvalue weighted by atomic mass is 29.3. The minimum Gasteiger partial charge on any atom is -0.420 e. The van der Waals surface area contributed by atoms with Gasteiger partial charge in [0, 0.05) is 6.61 Å². The van der Waals surface area contributed by atoms with E-state index < -0.39 is 15.4 Å². The molecule has 0 fully saturated rings. The molecule has 0 aliphatic heterocycles. The quantitative estimate of drug-likeness (QED) is 0.486. The maximum atomic E-state index is 6.10. The molecule has 0 amide bonds. The first kappa shape index (κ1) is 13.4.